The Morgan fingerprint density at radius 2 is 1.17 bits per heavy atom. The number of rotatable bonds is 0. The Hall–Kier alpha value is 0.892. The van der Waals surface area contributed by atoms with Crippen LogP contribution in [0.25, 0.3) is 0 Å². The van der Waals surface area contributed by atoms with E-state index < -0.39 is 11.4 Å². The van der Waals surface area contributed by atoms with Gasteiger partial charge in [0.1, 0.15) is 0 Å². The van der Waals surface area contributed by atoms with E-state index in [2.05, 4.69) is 0 Å². The summed E-state index contributed by atoms with van der Waals surface area (Å²) in [5, 5.41) is 6.25. The van der Waals surface area contributed by atoms with Crippen molar-refractivity contribution in [2.45, 2.75) is 0 Å². The van der Waals surface area contributed by atoms with Crippen LogP contribution in [0.5, 0.6) is 0 Å². The van der Waals surface area contributed by atoms with Gasteiger partial charge in [-0.15, -0.1) is 0 Å². The molecule has 0 heterocycles. The molecule has 0 unspecified atom stereocenters. The highest BCUT2D eigenvalue weighted by Crippen LogP contribution is 1.97. The second-order valence-corrected chi connectivity index (χ2v) is 6.68. The van der Waals surface area contributed by atoms with Crippen molar-refractivity contribution in [3.63, 3.8) is 0 Å². The zero-order chi connectivity index (χ0) is 5.58. The standard InChI is InChI=1S/CN.Al.3ClH/c1-2;;;;/h;;3*1H/q-1;+3;;;/p-3. The molecule has 0 amide bonds. The minimum Gasteiger partial charge on any atom is -0.512 e. The minimum absolute atomic E-state index is 1.72. The van der Waals surface area contributed by atoms with Gasteiger partial charge in [-0.2, -0.15) is 0 Å². The van der Waals surface area contributed by atoms with Crippen LogP contribution in [0.2, 0.25) is 0 Å². The molecule has 0 atom stereocenters. The van der Waals surface area contributed by atoms with Crippen LogP contribution in [0.1, 0.15) is 0 Å². The summed E-state index contributed by atoms with van der Waals surface area (Å²) in [6.07, 6.45) is 0. The third-order valence-electron chi connectivity index (χ3n) is 0. The van der Waals surface area contributed by atoms with Crippen LogP contribution in [0.15, 0.2) is 0 Å². The molecule has 5 heteroatoms. The van der Waals surface area contributed by atoms with Crippen molar-refractivity contribution < 1.29 is 0 Å². The topological polar surface area (TPSA) is 23.8 Å². The first kappa shape index (κ1) is 10.00. The van der Waals surface area contributed by atoms with Crippen LogP contribution in [-0.4, -0.2) is 11.4 Å². The van der Waals surface area contributed by atoms with Crippen molar-refractivity contribution >= 4 is 41.5 Å². The van der Waals surface area contributed by atoms with E-state index >= 15 is 0 Å². The van der Waals surface area contributed by atoms with E-state index in [1.165, 1.54) is 0 Å². The molecule has 0 aliphatic heterocycles. The number of hydrogen-bond acceptors (Lipinski definition) is 1. The third kappa shape index (κ3) is 93.1. The normalized spacial score (nSPS) is 4.83. The summed E-state index contributed by atoms with van der Waals surface area (Å²) in [6, 6.07) is 0. The Morgan fingerprint density at radius 3 is 1.17 bits per heavy atom. The molecule has 0 spiro atoms. The fraction of sp³-hybridized carbons (Fsp3) is 0. The first-order chi connectivity index (χ1) is 2.73. The van der Waals surface area contributed by atoms with Crippen LogP contribution in [0.3, 0.4) is 0 Å². The van der Waals surface area contributed by atoms with E-state index in [9.17, 15) is 0 Å². The molecule has 0 bridgehead atoms. The summed E-state index contributed by atoms with van der Waals surface area (Å²) in [7, 11) is 14.8. The van der Waals surface area contributed by atoms with Gasteiger partial charge < -0.3 is 11.8 Å². The highest BCUT2D eigenvalue weighted by atomic mass is 35.8. The second-order valence-electron chi connectivity index (χ2n) is 0.247. The minimum atomic E-state index is -1.72. The number of hydrogen-bond donors (Lipinski definition) is 0. The summed E-state index contributed by atoms with van der Waals surface area (Å²) < 4.78 is 0. The average Bonchev–Trinajstić information content (AvgIpc) is 1.41. The lowest BCUT2D eigenvalue weighted by atomic mass is 11.9. The highest BCUT2D eigenvalue weighted by molar-refractivity contribution is 7.54. The maximum atomic E-state index is 6.25. The molecule has 0 aromatic rings. The second kappa shape index (κ2) is 9.31. The number of halogens is 3. The largest absolute Gasteiger partial charge is 0.643 e. The van der Waals surface area contributed by atoms with E-state index in [0.29, 0.717) is 0 Å². The molecule has 0 aromatic heterocycles. The summed E-state index contributed by atoms with van der Waals surface area (Å²) >= 11 is -1.72. The van der Waals surface area contributed by atoms with Crippen LogP contribution in [-0.2, 0) is 0 Å². The molecular formula is CAlCl3N-. The van der Waals surface area contributed by atoms with E-state index in [0.717, 1.165) is 0 Å². The van der Waals surface area contributed by atoms with Gasteiger partial charge in [0.2, 0.25) is 0 Å². The zero-order valence-corrected chi connectivity index (χ0v) is 6.08. The Kier molecular flexibility index (Phi) is 15.5. The Bertz CT molecular complexity index is 32.3. The van der Waals surface area contributed by atoms with Crippen molar-refractivity contribution in [1.82, 2.24) is 0 Å². The van der Waals surface area contributed by atoms with Gasteiger partial charge in [-0.1, -0.05) is 0 Å². The van der Waals surface area contributed by atoms with Gasteiger partial charge in [0.25, 0.3) is 0 Å². The highest BCUT2D eigenvalue weighted by Gasteiger charge is 2.00. The molecule has 0 saturated carbocycles. The lowest BCUT2D eigenvalue weighted by Gasteiger charge is -1.57. The quantitative estimate of drug-likeness (QED) is 0.390. The van der Waals surface area contributed by atoms with Gasteiger partial charge >= 0.3 is 11.4 Å². The maximum Gasteiger partial charge on any atom is 0.643 e. The molecule has 0 aliphatic rings. The van der Waals surface area contributed by atoms with Gasteiger partial charge in [0, 0.05) is 0 Å². The Balaban J connectivity index is 0. The maximum absolute atomic E-state index is 6.25. The van der Waals surface area contributed by atoms with E-state index in [4.69, 9.17) is 42.0 Å². The first-order valence-electron chi connectivity index (χ1n) is 0.878. The molecule has 34 valence electrons. The Labute approximate surface area is 53.4 Å². The molecule has 6 heavy (non-hydrogen) atoms. The molecule has 0 N–H and O–H groups in total. The molecule has 0 fully saturated rings. The van der Waals surface area contributed by atoms with E-state index in [1.807, 2.05) is 0 Å². The molecule has 0 rings (SSSR count). The van der Waals surface area contributed by atoms with Crippen molar-refractivity contribution in [2.24, 2.45) is 0 Å². The first-order valence-corrected chi connectivity index (χ1v) is 6.12. The average molecular weight is 159 g/mol. The molecule has 0 aliphatic carbocycles. The van der Waals surface area contributed by atoms with Crippen molar-refractivity contribution in [1.29, 1.82) is 5.26 Å². The van der Waals surface area contributed by atoms with Crippen LogP contribution in [0, 0.1) is 11.8 Å². The van der Waals surface area contributed by atoms with Gasteiger partial charge in [0.15, 0.2) is 0 Å². The summed E-state index contributed by atoms with van der Waals surface area (Å²) in [6.45, 7) is 4.75. The van der Waals surface area contributed by atoms with Crippen LogP contribution < -0.4 is 0 Å². The lowest BCUT2D eigenvalue weighted by Crippen LogP contribution is -1.66. The van der Waals surface area contributed by atoms with Crippen LogP contribution >= 0.6 is 30.1 Å². The SMILES string of the molecule is [C-]#N.[Cl][Al]([Cl])[Cl]. The summed E-state index contributed by atoms with van der Waals surface area (Å²) in [4.78, 5) is 0. The smallest absolute Gasteiger partial charge is 0.512 e. The fourth-order valence-corrected chi connectivity index (χ4v) is 0. The third-order valence-corrected chi connectivity index (χ3v) is 0. The van der Waals surface area contributed by atoms with Gasteiger partial charge in [-0.05, 0) is 0 Å². The van der Waals surface area contributed by atoms with Crippen molar-refractivity contribution in [3.05, 3.63) is 6.57 Å². The molecule has 0 radical (unpaired) electrons. The molecule has 0 saturated heterocycles. The van der Waals surface area contributed by atoms with Gasteiger partial charge in [-0.3, -0.25) is 0 Å². The summed E-state index contributed by atoms with van der Waals surface area (Å²) in [5.74, 6) is 0. The lowest BCUT2D eigenvalue weighted by molar-refractivity contribution is 1.53. The van der Waals surface area contributed by atoms with Gasteiger partial charge in [-0.25, -0.2) is 30.1 Å². The fourth-order valence-electron chi connectivity index (χ4n) is 0. The van der Waals surface area contributed by atoms with Crippen molar-refractivity contribution in [3.8, 4) is 0 Å². The summed E-state index contributed by atoms with van der Waals surface area (Å²) in [5.41, 5.74) is 0. The van der Waals surface area contributed by atoms with Crippen LogP contribution in [0.4, 0.5) is 0 Å². The molecule has 0 aromatic carbocycles. The van der Waals surface area contributed by atoms with Crippen molar-refractivity contribution in [2.75, 3.05) is 0 Å². The van der Waals surface area contributed by atoms with E-state index in [1.54, 1.807) is 0 Å². The zero-order valence-electron chi connectivity index (χ0n) is 2.66. The Morgan fingerprint density at radius 1 is 1.17 bits per heavy atom. The predicted octanol–water partition coefficient (Wildman–Crippen LogP) is 1.78. The number of nitrogens with zero attached hydrogens (tertiary/aromatic N) is 1. The molecular weight excluding hydrogens is 159 g/mol. The molecule has 1 nitrogen and oxygen atoms in total. The van der Waals surface area contributed by atoms with E-state index in [-0.39, 0.29) is 0 Å². The monoisotopic (exact) mass is 158 g/mol. The predicted molar refractivity (Wildman–Crippen MR) is 28.3 cm³/mol. The van der Waals surface area contributed by atoms with Gasteiger partial charge in [0.05, 0.1) is 0 Å².